The van der Waals surface area contributed by atoms with Gasteiger partial charge in [-0.25, -0.2) is 8.42 Å². The summed E-state index contributed by atoms with van der Waals surface area (Å²) >= 11 is 1.14. The van der Waals surface area contributed by atoms with Crippen LogP contribution < -0.4 is 10.2 Å². The molecule has 1 aliphatic rings. The molecule has 1 saturated heterocycles. The van der Waals surface area contributed by atoms with E-state index in [0.717, 1.165) is 52.9 Å². The first-order valence-corrected chi connectivity index (χ1v) is 11.4. The molecule has 2 aromatic rings. The van der Waals surface area contributed by atoms with Crippen LogP contribution in [-0.2, 0) is 14.8 Å². The van der Waals surface area contributed by atoms with E-state index in [0.29, 0.717) is 0 Å². The van der Waals surface area contributed by atoms with Gasteiger partial charge in [0.15, 0.2) is 0 Å². The Labute approximate surface area is 164 Å². The summed E-state index contributed by atoms with van der Waals surface area (Å²) in [6, 6.07) is 10.9. The number of para-hydroxylation sites is 2. The molecular formula is C19H25N3O3S2. The molecule has 6 nitrogen and oxygen atoms in total. The first-order valence-electron chi connectivity index (χ1n) is 9.12. The van der Waals surface area contributed by atoms with Crippen molar-refractivity contribution < 1.29 is 13.2 Å². The quantitative estimate of drug-likeness (QED) is 0.797. The molecule has 2 heterocycles. The van der Waals surface area contributed by atoms with Crippen molar-refractivity contribution in [1.82, 2.24) is 4.31 Å². The number of hydrogen-bond acceptors (Lipinski definition) is 5. The number of rotatable bonds is 6. The van der Waals surface area contributed by atoms with Gasteiger partial charge in [-0.2, -0.15) is 4.31 Å². The summed E-state index contributed by atoms with van der Waals surface area (Å²) in [5.74, 6) is -0.347. The Morgan fingerprint density at radius 3 is 2.48 bits per heavy atom. The molecule has 1 aromatic carbocycles. The summed E-state index contributed by atoms with van der Waals surface area (Å²) in [4.78, 5) is 14.8. The van der Waals surface area contributed by atoms with Crippen molar-refractivity contribution in [2.45, 2.75) is 29.9 Å². The molecule has 0 saturated carbocycles. The maximum Gasteiger partial charge on any atom is 0.252 e. The van der Waals surface area contributed by atoms with Gasteiger partial charge in [0.2, 0.25) is 5.91 Å². The van der Waals surface area contributed by atoms with Crippen LogP contribution in [0.3, 0.4) is 0 Å². The molecule has 146 valence electrons. The van der Waals surface area contributed by atoms with E-state index in [1.165, 1.54) is 19.9 Å². The molecule has 0 radical (unpaired) electrons. The van der Waals surface area contributed by atoms with Gasteiger partial charge >= 0.3 is 0 Å². The number of hydrogen-bond donors (Lipinski definition) is 1. The molecule has 1 N–H and O–H groups in total. The Hall–Kier alpha value is -1.90. The molecule has 3 rings (SSSR count). The zero-order valence-corrected chi connectivity index (χ0v) is 17.1. The third-order valence-electron chi connectivity index (χ3n) is 4.65. The van der Waals surface area contributed by atoms with Gasteiger partial charge in [-0.3, -0.25) is 4.79 Å². The van der Waals surface area contributed by atoms with Gasteiger partial charge in [0.25, 0.3) is 10.0 Å². The van der Waals surface area contributed by atoms with Crippen molar-refractivity contribution >= 4 is 38.6 Å². The number of nitrogens with one attached hydrogen (secondary N) is 1. The lowest BCUT2D eigenvalue weighted by Gasteiger charge is -2.25. The minimum Gasteiger partial charge on any atom is -0.370 e. The lowest BCUT2D eigenvalue weighted by atomic mass is 10.2. The van der Waals surface area contributed by atoms with Gasteiger partial charge < -0.3 is 10.2 Å². The maximum absolute atomic E-state index is 12.5. The van der Waals surface area contributed by atoms with Crippen LogP contribution in [0.5, 0.6) is 0 Å². The Morgan fingerprint density at radius 1 is 1.11 bits per heavy atom. The molecule has 8 heteroatoms. The number of nitrogens with zero attached hydrogens (tertiary/aromatic N) is 2. The minimum atomic E-state index is -3.64. The zero-order valence-electron chi connectivity index (χ0n) is 15.4. The number of benzene rings is 1. The fourth-order valence-corrected chi connectivity index (χ4v) is 5.54. The van der Waals surface area contributed by atoms with Gasteiger partial charge in [-0.15, -0.1) is 11.3 Å². The molecule has 0 atom stereocenters. The highest BCUT2D eigenvalue weighted by Crippen LogP contribution is 2.28. The van der Waals surface area contributed by atoms with E-state index in [1.54, 1.807) is 17.5 Å². The first kappa shape index (κ1) is 19.9. The third-order valence-corrected chi connectivity index (χ3v) is 7.83. The highest BCUT2D eigenvalue weighted by Gasteiger charge is 2.24. The number of carbonyl (C=O) groups is 1. The molecule has 0 bridgehead atoms. The van der Waals surface area contributed by atoms with E-state index in [-0.39, 0.29) is 16.7 Å². The van der Waals surface area contributed by atoms with Gasteiger partial charge in [-0.1, -0.05) is 31.0 Å². The van der Waals surface area contributed by atoms with Crippen molar-refractivity contribution in [3.05, 3.63) is 41.8 Å². The van der Waals surface area contributed by atoms with E-state index in [4.69, 9.17) is 0 Å². The van der Waals surface area contributed by atoms with Gasteiger partial charge in [0.1, 0.15) is 4.21 Å². The largest absolute Gasteiger partial charge is 0.370 e. The first-order chi connectivity index (χ1) is 13.0. The summed E-state index contributed by atoms with van der Waals surface area (Å²) in [6.07, 6.45) is 4.75. The number of thiophene rings is 1. The molecule has 1 amide bonds. The summed E-state index contributed by atoms with van der Waals surface area (Å²) in [7, 11) is -2.21. The Balaban J connectivity index is 1.69. The summed E-state index contributed by atoms with van der Waals surface area (Å²) in [5, 5.41) is 4.60. The second-order valence-electron chi connectivity index (χ2n) is 6.66. The van der Waals surface area contributed by atoms with Crippen LogP contribution in [0.1, 0.15) is 25.7 Å². The van der Waals surface area contributed by atoms with E-state index in [1.807, 2.05) is 24.3 Å². The molecule has 1 aromatic heterocycles. The number of amides is 1. The lowest BCUT2D eigenvalue weighted by molar-refractivity contribution is -0.116. The molecule has 1 aliphatic heterocycles. The van der Waals surface area contributed by atoms with Crippen LogP contribution in [0.25, 0.3) is 0 Å². The van der Waals surface area contributed by atoms with Gasteiger partial charge in [-0.05, 0) is 36.4 Å². The summed E-state index contributed by atoms with van der Waals surface area (Å²) < 4.78 is 26.3. The molecule has 0 aliphatic carbocycles. The average Bonchev–Trinajstić information content (AvgIpc) is 3.06. The van der Waals surface area contributed by atoms with Crippen LogP contribution in [0.15, 0.2) is 46.0 Å². The number of anilines is 2. The fraction of sp³-hybridized carbons (Fsp3) is 0.421. The van der Waals surface area contributed by atoms with Crippen LogP contribution in [0.4, 0.5) is 11.4 Å². The van der Waals surface area contributed by atoms with Crippen molar-refractivity contribution in [3.63, 3.8) is 0 Å². The second-order valence-corrected chi connectivity index (χ2v) is 9.88. The highest BCUT2D eigenvalue weighted by atomic mass is 32.2. The normalized spacial score (nSPS) is 15.6. The predicted molar refractivity (Wildman–Crippen MR) is 110 cm³/mol. The van der Waals surface area contributed by atoms with E-state index < -0.39 is 10.0 Å². The minimum absolute atomic E-state index is 0.228. The van der Waals surface area contributed by atoms with Crippen molar-refractivity contribution in [2.24, 2.45) is 0 Å². The highest BCUT2D eigenvalue weighted by molar-refractivity contribution is 7.91. The number of sulfonamides is 1. The van der Waals surface area contributed by atoms with Crippen molar-refractivity contribution in [1.29, 1.82) is 0 Å². The summed E-state index contributed by atoms with van der Waals surface area (Å²) in [6.45, 7) is 1.72. The third kappa shape index (κ3) is 4.88. The fourth-order valence-electron chi connectivity index (χ4n) is 3.21. The van der Waals surface area contributed by atoms with Gasteiger partial charge in [0.05, 0.1) is 17.9 Å². The predicted octanol–water partition coefficient (Wildman–Crippen LogP) is 3.39. The monoisotopic (exact) mass is 407 g/mol. The van der Waals surface area contributed by atoms with E-state index >= 15 is 0 Å². The van der Waals surface area contributed by atoms with Gasteiger partial charge in [0, 0.05) is 20.1 Å². The summed E-state index contributed by atoms with van der Waals surface area (Å²) in [5.41, 5.74) is 1.72. The van der Waals surface area contributed by atoms with Crippen LogP contribution in [0.2, 0.25) is 0 Å². The van der Waals surface area contributed by atoms with Crippen LogP contribution in [-0.4, -0.2) is 45.3 Å². The molecular weight excluding hydrogens is 382 g/mol. The molecule has 1 fully saturated rings. The Kier molecular flexibility index (Phi) is 6.51. The topological polar surface area (TPSA) is 69.7 Å². The van der Waals surface area contributed by atoms with Crippen LogP contribution >= 0.6 is 11.3 Å². The zero-order chi connectivity index (χ0) is 19.3. The molecule has 0 spiro atoms. The van der Waals surface area contributed by atoms with E-state index in [2.05, 4.69) is 10.2 Å². The Morgan fingerprint density at radius 2 is 1.81 bits per heavy atom. The lowest BCUT2D eigenvalue weighted by Crippen LogP contribution is -2.35. The molecule has 27 heavy (non-hydrogen) atoms. The second kappa shape index (κ2) is 8.86. The number of likely N-dealkylation sites (N-methyl/N-ethyl adjacent to an activating group) is 1. The standard InChI is InChI=1S/C19H25N3O3S2/c1-21(27(24,25)19-11-8-14-26-19)15-18(23)20-16-9-4-5-10-17(16)22-12-6-2-3-7-13-22/h4-5,8-11,14H,2-3,6-7,12-13,15H2,1H3,(H,20,23). The van der Waals surface area contributed by atoms with E-state index in [9.17, 15) is 13.2 Å². The average molecular weight is 408 g/mol. The van der Waals surface area contributed by atoms with Crippen molar-refractivity contribution in [2.75, 3.05) is 36.9 Å². The maximum atomic E-state index is 12.5. The smallest absolute Gasteiger partial charge is 0.252 e. The number of carbonyl (C=O) groups excluding carboxylic acids is 1. The van der Waals surface area contributed by atoms with Crippen LogP contribution in [0, 0.1) is 0 Å². The molecule has 0 unspecified atom stereocenters. The Bertz CT molecular complexity index is 858. The van der Waals surface area contributed by atoms with Crippen molar-refractivity contribution in [3.8, 4) is 0 Å². The SMILES string of the molecule is CN(CC(=O)Nc1ccccc1N1CCCCCC1)S(=O)(=O)c1cccs1.